The monoisotopic (exact) mass is 241 g/mol. The highest BCUT2D eigenvalue weighted by Crippen LogP contribution is 2.10. The SMILES string of the molecule is CCCCCCCCCCCCNCC1CO1. The van der Waals surface area contributed by atoms with E-state index in [1.165, 1.54) is 70.8 Å². The normalized spacial score (nSPS) is 18.5. The number of ether oxygens (including phenoxy) is 1. The minimum atomic E-state index is 0.540. The van der Waals surface area contributed by atoms with Gasteiger partial charge in [0.25, 0.3) is 0 Å². The van der Waals surface area contributed by atoms with Crippen molar-refractivity contribution in [3.05, 3.63) is 0 Å². The average molecular weight is 241 g/mol. The van der Waals surface area contributed by atoms with Crippen molar-refractivity contribution < 1.29 is 4.74 Å². The van der Waals surface area contributed by atoms with Crippen molar-refractivity contribution in [3.63, 3.8) is 0 Å². The average Bonchev–Trinajstić information content (AvgIpc) is 3.15. The van der Waals surface area contributed by atoms with Crippen LogP contribution in [0.25, 0.3) is 0 Å². The largest absolute Gasteiger partial charge is 0.372 e. The number of nitrogens with one attached hydrogen (secondary N) is 1. The molecule has 1 atom stereocenters. The molecule has 1 rings (SSSR count). The summed E-state index contributed by atoms with van der Waals surface area (Å²) >= 11 is 0. The number of unbranched alkanes of at least 4 members (excludes halogenated alkanes) is 9. The van der Waals surface area contributed by atoms with Crippen molar-refractivity contribution in [2.75, 3.05) is 19.7 Å². The quantitative estimate of drug-likeness (QED) is 0.391. The van der Waals surface area contributed by atoms with E-state index in [-0.39, 0.29) is 0 Å². The van der Waals surface area contributed by atoms with Gasteiger partial charge in [-0.15, -0.1) is 0 Å². The molecule has 1 unspecified atom stereocenters. The van der Waals surface area contributed by atoms with E-state index >= 15 is 0 Å². The highest BCUT2D eigenvalue weighted by atomic mass is 16.6. The van der Waals surface area contributed by atoms with Crippen LogP contribution in [-0.2, 0) is 4.74 Å². The van der Waals surface area contributed by atoms with Gasteiger partial charge in [-0.3, -0.25) is 0 Å². The topological polar surface area (TPSA) is 24.6 Å². The predicted octanol–water partition coefficient (Wildman–Crippen LogP) is 3.90. The molecule has 0 bridgehead atoms. The fourth-order valence-electron chi connectivity index (χ4n) is 2.19. The van der Waals surface area contributed by atoms with Gasteiger partial charge in [-0.25, -0.2) is 0 Å². The third-order valence-electron chi connectivity index (χ3n) is 3.48. The Balaban J connectivity index is 1.61. The number of epoxide rings is 1. The first-order valence-electron chi connectivity index (χ1n) is 7.76. The summed E-state index contributed by atoms with van der Waals surface area (Å²) < 4.78 is 5.15. The fraction of sp³-hybridized carbons (Fsp3) is 1.00. The van der Waals surface area contributed by atoms with Crippen molar-refractivity contribution in [2.24, 2.45) is 0 Å². The van der Waals surface area contributed by atoms with E-state index in [2.05, 4.69) is 12.2 Å². The van der Waals surface area contributed by atoms with Gasteiger partial charge in [-0.1, -0.05) is 64.7 Å². The standard InChI is InChI=1S/C15H31NO/c1-2-3-4-5-6-7-8-9-10-11-12-16-13-15-14-17-15/h15-16H,2-14H2,1H3. The summed E-state index contributed by atoms with van der Waals surface area (Å²) in [6.07, 6.45) is 14.7. The first-order chi connectivity index (χ1) is 8.43. The van der Waals surface area contributed by atoms with Gasteiger partial charge in [-0.2, -0.15) is 0 Å². The van der Waals surface area contributed by atoms with Crippen LogP contribution in [0.2, 0.25) is 0 Å². The van der Waals surface area contributed by atoms with Crippen LogP contribution in [0.15, 0.2) is 0 Å². The van der Waals surface area contributed by atoms with Gasteiger partial charge in [0.05, 0.1) is 12.7 Å². The molecule has 1 fully saturated rings. The first kappa shape index (κ1) is 15.0. The van der Waals surface area contributed by atoms with E-state index < -0.39 is 0 Å². The molecule has 102 valence electrons. The summed E-state index contributed by atoms with van der Waals surface area (Å²) in [6.45, 7) is 5.50. The number of rotatable bonds is 13. The number of hydrogen-bond donors (Lipinski definition) is 1. The summed E-state index contributed by atoms with van der Waals surface area (Å²) in [7, 11) is 0. The zero-order chi connectivity index (χ0) is 12.2. The fourth-order valence-corrected chi connectivity index (χ4v) is 2.19. The van der Waals surface area contributed by atoms with Crippen LogP contribution < -0.4 is 5.32 Å². The molecule has 0 radical (unpaired) electrons. The van der Waals surface area contributed by atoms with Crippen LogP contribution in [0, 0.1) is 0 Å². The van der Waals surface area contributed by atoms with Gasteiger partial charge < -0.3 is 10.1 Å². The molecular weight excluding hydrogens is 210 g/mol. The molecule has 0 aromatic heterocycles. The molecule has 2 nitrogen and oxygen atoms in total. The van der Waals surface area contributed by atoms with E-state index in [0.29, 0.717) is 6.10 Å². The van der Waals surface area contributed by atoms with Crippen LogP contribution >= 0.6 is 0 Å². The summed E-state index contributed by atoms with van der Waals surface area (Å²) in [4.78, 5) is 0. The van der Waals surface area contributed by atoms with E-state index in [9.17, 15) is 0 Å². The van der Waals surface area contributed by atoms with Crippen molar-refractivity contribution in [1.29, 1.82) is 0 Å². The minimum Gasteiger partial charge on any atom is -0.372 e. The molecule has 1 saturated heterocycles. The van der Waals surface area contributed by atoms with Crippen molar-refractivity contribution in [2.45, 2.75) is 77.2 Å². The Labute approximate surface area is 108 Å². The molecular formula is C15H31NO. The molecule has 0 aliphatic carbocycles. The molecule has 1 N–H and O–H groups in total. The van der Waals surface area contributed by atoms with Crippen molar-refractivity contribution in [3.8, 4) is 0 Å². The van der Waals surface area contributed by atoms with Crippen LogP contribution in [-0.4, -0.2) is 25.8 Å². The Morgan fingerprint density at radius 2 is 1.41 bits per heavy atom. The van der Waals surface area contributed by atoms with Crippen LogP contribution in [0.4, 0.5) is 0 Å². The van der Waals surface area contributed by atoms with Gasteiger partial charge in [0.1, 0.15) is 0 Å². The smallest absolute Gasteiger partial charge is 0.0933 e. The highest BCUT2D eigenvalue weighted by Gasteiger charge is 2.20. The van der Waals surface area contributed by atoms with Gasteiger partial charge in [0.2, 0.25) is 0 Å². The second-order valence-corrected chi connectivity index (χ2v) is 5.34. The summed E-state index contributed by atoms with van der Waals surface area (Å²) in [5.41, 5.74) is 0. The number of hydrogen-bond acceptors (Lipinski definition) is 2. The lowest BCUT2D eigenvalue weighted by molar-refractivity contribution is 0.395. The Morgan fingerprint density at radius 3 is 1.94 bits per heavy atom. The third-order valence-corrected chi connectivity index (χ3v) is 3.48. The zero-order valence-corrected chi connectivity index (χ0v) is 11.7. The maximum atomic E-state index is 5.15. The van der Waals surface area contributed by atoms with E-state index in [1.54, 1.807) is 0 Å². The summed E-state index contributed by atoms with van der Waals surface area (Å²) in [6, 6.07) is 0. The minimum absolute atomic E-state index is 0.540. The molecule has 0 aromatic rings. The van der Waals surface area contributed by atoms with Crippen LogP contribution in [0.3, 0.4) is 0 Å². The summed E-state index contributed by atoms with van der Waals surface area (Å²) in [5.74, 6) is 0. The van der Waals surface area contributed by atoms with Crippen LogP contribution in [0.5, 0.6) is 0 Å². The van der Waals surface area contributed by atoms with E-state index in [4.69, 9.17) is 4.74 Å². The Hall–Kier alpha value is -0.0800. The van der Waals surface area contributed by atoms with Crippen LogP contribution in [0.1, 0.15) is 71.1 Å². The third kappa shape index (κ3) is 10.8. The highest BCUT2D eigenvalue weighted by molar-refractivity contribution is 4.71. The summed E-state index contributed by atoms with van der Waals surface area (Å²) in [5, 5.41) is 3.45. The molecule has 2 heteroatoms. The Morgan fingerprint density at radius 1 is 0.882 bits per heavy atom. The molecule has 0 spiro atoms. The molecule has 0 saturated carbocycles. The lowest BCUT2D eigenvalue weighted by atomic mass is 10.1. The van der Waals surface area contributed by atoms with Gasteiger partial charge in [-0.05, 0) is 13.0 Å². The van der Waals surface area contributed by atoms with Gasteiger partial charge >= 0.3 is 0 Å². The Bertz CT molecular complexity index is 157. The van der Waals surface area contributed by atoms with Crippen molar-refractivity contribution in [1.82, 2.24) is 5.32 Å². The lowest BCUT2D eigenvalue weighted by Crippen LogP contribution is -2.20. The molecule has 0 aromatic carbocycles. The van der Waals surface area contributed by atoms with E-state index in [0.717, 1.165) is 13.2 Å². The second kappa shape index (κ2) is 11.0. The maximum absolute atomic E-state index is 5.15. The lowest BCUT2D eigenvalue weighted by Gasteiger charge is -2.03. The molecule has 1 aliphatic heterocycles. The van der Waals surface area contributed by atoms with Gasteiger partial charge in [0, 0.05) is 6.54 Å². The molecule has 1 heterocycles. The van der Waals surface area contributed by atoms with Gasteiger partial charge in [0.15, 0.2) is 0 Å². The zero-order valence-electron chi connectivity index (χ0n) is 11.7. The predicted molar refractivity (Wildman–Crippen MR) is 74.5 cm³/mol. The molecule has 0 amide bonds. The van der Waals surface area contributed by atoms with Crippen molar-refractivity contribution >= 4 is 0 Å². The molecule has 17 heavy (non-hydrogen) atoms. The molecule has 1 aliphatic rings. The second-order valence-electron chi connectivity index (χ2n) is 5.34. The van der Waals surface area contributed by atoms with E-state index in [1.807, 2.05) is 0 Å². The Kier molecular flexibility index (Phi) is 9.72. The first-order valence-corrected chi connectivity index (χ1v) is 7.76. The maximum Gasteiger partial charge on any atom is 0.0933 e.